The summed E-state index contributed by atoms with van der Waals surface area (Å²) in [4.78, 5) is 40.6. The highest BCUT2D eigenvalue weighted by Crippen LogP contribution is 2.52. The molecule has 2 N–H and O–H groups in total. The SMILES string of the molecule is COc1cccc(CN2C[C@]34C=C[C@H](O3)[C@@H](C(=O)N(C)CCC(N)=O)[C@@H]4C2=O)c1. The first-order chi connectivity index (χ1) is 13.8. The topological polar surface area (TPSA) is 102 Å². The molecule has 3 aliphatic heterocycles. The van der Waals surface area contributed by atoms with Gasteiger partial charge in [0.05, 0.1) is 31.6 Å². The Balaban J connectivity index is 1.53. The number of methoxy groups -OCH3 is 1. The van der Waals surface area contributed by atoms with Crippen LogP contribution in [0.5, 0.6) is 5.75 Å². The minimum Gasteiger partial charge on any atom is -0.497 e. The maximum absolute atomic E-state index is 13.3. The Kier molecular flexibility index (Phi) is 4.82. The predicted octanol–water partition coefficient (Wildman–Crippen LogP) is 0.311. The van der Waals surface area contributed by atoms with Crippen LogP contribution in [0.15, 0.2) is 36.4 Å². The summed E-state index contributed by atoms with van der Waals surface area (Å²) < 4.78 is 11.4. The van der Waals surface area contributed by atoms with E-state index >= 15 is 0 Å². The van der Waals surface area contributed by atoms with Gasteiger partial charge in [0.15, 0.2) is 0 Å². The van der Waals surface area contributed by atoms with E-state index in [4.69, 9.17) is 15.2 Å². The summed E-state index contributed by atoms with van der Waals surface area (Å²) >= 11 is 0. The highest BCUT2D eigenvalue weighted by atomic mass is 16.5. The fraction of sp³-hybridized carbons (Fsp3) is 0.476. The predicted molar refractivity (Wildman–Crippen MR) is 104 cm³/mol. The number of hydrogen-bond acceptors (Lipinski definition) is 5. The number of ether oxygens (including phenoxy) is 2. The summed E-state index contributed by atoms with van der Waals surface area (Å²) in [5.41, 5.74) is 5.39. The number of amides is 3. The number of likely N-dealkylation sites (tertiary alicyclic amines) is 1. The van der Waals surface area contributed by atoms with Crippen molar-refractivity contribution in [2.24, 2.45) is 17.6 Å². The lowest BCUT2D eigenvalue weighted by Crippen LogP contribution is -2.45. The first-order valence-electron chi connectivity index (χ1n) is 9.67. The highest BCUT2D eigenvalue weighted by Gasteiger charge is 2.67. The Morgan fingerprint density at radius 2 is 2.21 bits per heavy atom. The number of benzene rings is 1. The average Bonchev–Trinajstić information content (AvgIpc) is 3.34. The van der Waals surface area contributed by atoms with Crippen LogP contribution < -0.4 is 10.5 Å². The molecule has 8 heteroatoms. The van der Waals surface area contributed by atoms with E-state index in [0.717, 1.165) is 11.3 Å². The molecule has 3 aliphatic rings. The van der Waals surface area contributed by atoms with Crippen molar-refractivity contribution in [2.75, 3.05) is 27.2 Å². The number of carbonyl (C=O) groups excluding carboxylic acids is 3. The van der Waals surface area contributed by atoms with Gasteiger partial charge < -0.3 is 25.0 Å². The van der Waals surface area contributed by atoms with Crippen LogP contribution in [0.3, 0.4) is 0 Å². The van der Waals surface area contributed by atoms with Gasteiger partial charge in [-0.1, -0.05) is 24.3 Å². The highest BCUT2D eigenvalue weighted by molar-refractivity contribution is 5.93. The van der Waals surface area contributed by atoms with E-state index in [1.54, 1.807) is 19.1 Å². The summed E-state index contributed by atoms with van der Waals surface area (Å²) in [5, 5.41) is 0. The van der Waals surface area contributed by atoms with Crippen LogP contribution in [-0.2, 0) is 25.7 Å². The van der Waals surface area contributed by atoms with Gasteiger partial charge in [-0.15, -0.1) is 0 Å². The van der Waals surface area contributed by atoms with E-state index in [-0.39, 0.29) is 24.8 Å². The van der Waals surface area contributed by atoms with Crippen LogP contribution in [0, 0.1) is 11.8 Å². The molecule has 0 unspecified atom stereocenters. The Hall–Kier alpha value is -2.87. The monoisotopic (exact) mass is 399 g/mol. The van der Waals surface area contributed by atoms with Gasteiger partial charge in [0, 0.05) is 26.6 Å². The second kappa shape index (κ2) is 7.18. The van der Waals surface area contributed by atoms with Crippen molar-refractivity contribution in [1.29, 1.82) is 0 Å². The molecule has 4 rings (SSSR count). The lowest BCUT2D eigenvalue weighted by Gasteiger charge is -2.27. The normalized spacial score (nSPS) is 29.2. The maximum Gasteiger partial charge on any atom is 0.230 e. The average molecular weight is 399 g/mol. The first kappa shape index (κ1) is 19.4. The standard InChI is InChI=1S/C21H25N3O5/c1-23(9-7-16(22)25)19(26)17-15-6-8-21(29-15)12-24(20(27)18(17)21)11-13-4-3-5-14(10-13)28-2/h3-6,8,10,15,17-18H,7,9,11-12H2,1-2H3,(H2,22,25)/t15-,17+,18+,21-/m0/s1. The number of nitrogens with two attached hydrogens (primary N) is 1. The van der Waals surface area contributed by atoms with Crippen molar-refractivity contribution < 1.29 is 23.9 Å². The summed E-state index contributed by atoms with van der Waals surface area (Å²) in [5.74, 6) is -1.14. The molecule has 2 saturated heterocycles. The second-order valence-electron chi connectivity index (χ2n) is 7.92. The molecule has 3 heterocycles. The molecule has 0 radical (unpaired) electrons. The molecule has 1 spiro atoms. The van der Waals surface area contributed by atoms with Crippen molar-refractivity contribution in [3.05, 3.63) is 42.0 Å². The zero-order valence-corrected chi connectivity index (χ0v) is 16.5. The summed E-state index contributed by atoms with van der Waals surface area (Å²) in [6.07, 6.45) is 3.48. The van der Waals surface area contributed by atoms with Gasteiger partial charge in [0.25, 0.3) is 0 Å². The Morgan fingerprint density at radius 1 is 1.41 bits per heavy atom. The van der Waals surface area contributed by atoms with Crippen molar-refractivity contribution in [2.45, 2.75) is 24.7 Å². The molecule has 8 nitrogen and oxygen atoms in total. The van der Waals surface area contributed by atoms with Crippen LogP contribution in [0.25, 0.3) is 0 Å². The second-order valence-corrected chi connectivity index (χ2v) is 7.92. The van der Waals surface area contributed by atoms with E-state index in [1.807, 2.05) is 36.4 Å². The number of carbonyl (C=O) groups is 3. The fourth-order valence-electron chi connectivity index (χ4n) is 4.63. The van der Waals surface area contributed by atoms with Gasteiger partial charge in [-0.2, -0.15) is 0 Å². The smallest absolute Gasteiger partial charge is 0.230 e. The Bertz CT molecular complexity index is 885. The van der Waals surface area contributed by atoms with E-state index in [0.29, 0.717) is 13.1 Å². The quantitative estimate of drug-likeness (QED) is 0.665. The fourth-order valence-corrected chi connectivity index (χ4v) is 4.63. The van der Waals surface area contributed by atoms with Crippen LogP contribution >= 0.6 is 0 Å². The molecule has 0 aromatic heterocycles. The van der Waals surface area contributed by atoms with E-state index in [2.05, 4.69) is 0 Å². The largest absolute Gasteiger partial charge is 0.497 e. The van der Waals surface area contributed by atoms with Crippen LogP contribution in [0.1, 0.15) is 12.0 Å². The Labute approximate surface area is 169 Å². The lowest BCUT2D eigenvalue weighted by molar-refractivity contribution is -0.142. The third kappa shape index (κ3) is 3.27. The van der Waals surface area contributed by atoms with Crippen molar-refractivity contribution in [3.8, 4) is 5.75 Å². The molecular weight excluding hydrogens is 374 g/mol. The van der Waals surface area contributed by atoms with Crippen LogP contribution in [-0.4, -0.2) is 66.5 Å². The minimum atomic E-state index is -0.758. The molecule has 4 atom stereocenters. The molecule has 0 saturated carbocycles. The summed E-state index contributed by atoms with van der Waals surface area (Å²) in [7, 11) is 3.23. The molecule has 154 valence electrons. The first-order valence-corrected chi connectivity index (χ1v) is 9.67. The van der Waals surface area contributed by atoms with Crippen LogP contribution in [0.4, 0.5) is 0 Å². The van der Waals surface area contributed by atoms with Gasteiger partial charge in [0.1, 0.15) is 11.4 Å². The molecule has 0 aliphatic carbocycles. The third-order valence-corrected chi connectivity index (χ3v) is 6.04. The van der Waals surface area contributed by atoms with Crippen molar-refractivity contribution >= 4 is 17.7 Å². The van der Waals surface area contributed by atoms with Gasteiger partial charge in [-0.25, -0.2) is 0 Å². The molecule has 2 fully saturated rings. The van der Waals surface area contributed by atoms with Crippen molar-refractivity contribution in [1.82, 2.24) is 9.80 Å². The summed E-state index contributed by atoms with van der Waals surface area (Å²) in [6, 6.07) is 7.58. The van der Waals surface area contributed by atoms with Crippen LogP contribution in [0.2, 0.25) is 0 Å². The summed E-state index contributed by atoms with van der Waals surface area (Å²) in [6.45, 7) is 1.06. The number of primary amides is 1. The van der Waals surface area contributed by atoms with E-state index in [9.17, 15) is 14.4 Å². The Morgan fingerprint density at radius 3 is 2.93 bits per heavy atom. The molecule has 1 aromatic rings. The number of fused-ring (bicyclic) bond motifs is 1. The molecule has 3 amide bonds. The van der Waals surface area contributed by atoms with E-state index in [1.165, 1.54) is 4.90 Å². The molecular formula is C21H25N3O5. The zero-order chi connectivity index (χ0) is 20.8. The van der Waals surface area contributed by atoms with E-state index < -0.39 is 29.4 Å². The zero-order valence-electron chi connectivity index (χ0n) is 16.5. The number of rotatable bonds is 7. The van der Waals surface area contributed by atoms with Gasteiger partial charge in [-0.3, -0.25) is 14.4 Å². The van der Waals surface area contributed by atoms with Gasteiger partial charge in [-0.05, 0) is 17.7 Å². The molecule has 1 aromatic carbocycles. The minimum absolute atomic E-state index is 0.0821. The van der Waals surface area contributed by atoms with Crippen molar-refractivity contribution in [3.63, 3.8) is 0 Å². The molecule has 29 heavy (non-hydrogen) atoms. The number of hydrogen-bond donors (Lipinski definition) is 1. The molecule has 2 bridgehead atoms. The third-order valence-electron chi connectivity index (χ3n) is 6.04. The maximum atomic E-state index is 13.3. The van der Waals surface area contributed by atoms with Gasteiger partial charge in [0.2, 0.25) is 17.7 Å². The van der Waals surface area contributed by atoms with Gasteiger partial charge >= 0.3 is 0 Å². The lowest BCUT2D eigenvalue weighted by atomic mass is 9.76. The number of nitrogens with zero attached hydrogens (tertiary/aromatic N) is 2.